The van der Waals surface area contributed by atoms with Gasteiger partial charge in [0.15, 0.2) is 5.78 Å². The number of benzene rings is 1. The van der Waals surface area contributed by atoms with E-state index in [1.807, 2.05) is 11.5 Å². The first-order valence-electron chi connectivity index (χ1n) is 6.55. The van der Waals surface area contributed by atoms with Crippen LogP contribution in [0.25, 0.3) is 0 Å². The Morgan fingerprint density at radius 2 is 2.14 bits per heavy atom. The summed E-state index contributed by atoms with van der Waals surface area (Å²) in [5.74, 6) is 0.650. The highest BCUT2D eigenvalue weighted by atomic mass is 16.6. The molecule has 6 heteroatoms. The first kappa shape index (κ1) is 14.8. The third-order valence-corrected chi connectivity index (χ3v) is 3.22. The Morgan fingerprint density at radius 1 is 1.38 bits per heavy atom. The van der Waals surface area contributed by atoms with Gasteiger partial charge in [-0.1, -0.05) is 6.92 Å². The molecule has 1 heterocycles. The van der Waals surface area contributed by atoms with Crippen LogP contribution in [0.2, 0.25) is 0 Å². The summed E-state index contributed by atoms with van der Waals surface area (Å²) < 4.78 is 7.03. The van der Waals surface area contributed by atoms with Crippen LogP contribution in [0.15, 0.2) is 36.7 Å². The highest BCUT2D eigenvalue weighted by Crippen LogP contribution is 2.25. The van der Waals surface area contributed by atoms with Gasteiger partial charge in [-0.15, -0.1) is 0 Å². The first-order chi connectivity index (χ1) is 10.0. The van der Waals surface area contributed by atoms with Crippen molar-refractivity contribution in [1.29, 1.82) is 0 Å². The number of carbonyl (C=O) groups is 1. The molecule has 1 aromatic carbocycles. The van der Waals surface area contributed by atoms with E-state index >= 15 is 0 Å². The fraction of sp³-hybridized carbons (Fsp3) is 0.267. The zero-order valence-corrected chi connectivity index (χ0v) is 11.9. The Bertz CT molecular complexity index is 676. The van der Waals surface area contributed by atoms with Crippen LogP contribution in [-0.4, -0.2) is 22.4 Å². The number of ether oxygens (including phenoxy) is 1. The van der Waals surface area contributed by atoms with Crippen LogP contribution in [0.3, 0.4) is 0 Å². The molecule has 0 saturated heterocycles. The number of nitro benzene ring substituents is 1. The summed E-state index contributed by atoms with van der Waals surface area (Å²) >= 11 is 0. The molecule has 0 saturated carbocycles. The van der Waals surface area contributed by atoms with E-state index in [1.54, 1.807) is 24.5 Å². The molecular formula is C15H16N2O4. The van der Waals surface area contributed by atoms with Gasteiger partial charge in [0.1, 0.15) is 5.75 Å². The summed E-state index contributed by atoms with van der Waals surface area (Å²) in [7, 11) is 1.52. The quantitative estimate of drug-likeness (QED) is 0.465. The number of aromatic nitrogens is 1. The van der Waals surface area contributed by atoms with E-state index in [0.717, 1.165) is 0 Å². The lowest BCUT2D eigenvalue weighted by atomic mass is 10.1. The van der Waals surface area contributed by atoms with Crippen molar-refractivity contribution in [2.75, 3.05) is 7.11 Å². The number of non-ortho nitro benzene ring substituents is 1. The molecule has 0 amide bonds. The van der Waals surface area contributed by atoms with Crippen molar-refractivity contribution >= 4 is 11.5 Å². The summed E-state index contributed by atoms with van der Waals surface area (Å²) in [5.41, 5.74) is 1.35. The van der Waals surface area contributed by atoms with Crippen molar-refractivity contribution in [2.45, 2.75) is 19.9 Å². The maximum atomic E-state index is 11.6. The SMILES string of the molecule is CCC(=O)c1ccn(Cc2cc([N+](=O)[O-])ccc2OC)c1. The van der Waals surface area contributed by atoms with Gasteiger partial charge >= 0.3 is 0 Å². The normalized spacial score (nSPS) is 10.4. The predicted molar refractivity (Wildman–Crippen MR) is 77.8 cm³/mol. The smallest absolute Gasteiger partial charge is 0.270 e. The second-order valence-corrected chi connectivity index (χ2v) is 4.60. The van der Waals surface area contributed by atoms with Crippen molar-refractivity contribution < 1.29 is 14.5 Å². The highest BCUT2D eigenvalue weighted by Gasteiger charge is 2.12. The Morgan fingerprint density at radius 3 is 2.76 bits per heavy atom. The average molecular weight is 288 g/mol. The Labute approximate surface area is 122 Å². The first-order valence-corrected chi connectivity index (χ1v) is 6.55. The van der Waals surface area contributed by atoms with Crippen LogP contribution in [-0.2, 0) is 6.54 Å². The van der Waals surface area contributed by atoms with Crippen molar-refractivity contribution in [1.82, 2.24) is 4.57 Å². The second kappa shape index (κ2) is 6.21. The summed E-state index contributed by atoms with van der Waals surface area (Å²) in [6, 6.07) is 6.22. The minimum absolute atomic E-state index is 0.0165. The molecule has 2 aromatic rings. The van der Waals surface area contributed by atoms with Crippen LogP contribution in [0.1, 0.15) is 29.3 Å². The van der Waals surface area contributed by atoms with Gasteiger partial charge in [0.05, 0.1) is 18.6 Å². The van der Waals surface area contributed by atoms with E-state index < -0.39 is 4.92 Å². The molecule has 0 spiro atoms. The molecule has 0 radical (unpaired) electrons. The lowest BCUT2D eigenvalue weighted by Crippen LogP contribution is -2.01. The third-order valence-electron chi connectivity index (χ3n) is 3.22. The standard InChI is InChI=1S/C15H16N2O4/c1-3-14(18)11-6-7-16(9-11)10-12-8-13(17(19)20)4-5-15(12)21-2/h4-9H,3,10H2,1-2H3. The van der Waals surface area contributed by atoms with Crippen LogP contribution < -0.4 is 4.74 Å². The minimum atomic E-state index is -0.440. The van der Waals surface area contributed by atoms with Gasteiger partial charge in [0.25, 0.3) is 5.69 Å². The molecular weight excluding hydrogens is 272 g/mol. The maximum absolute atomic E-state index is 11.6. The lowest BCUT2D eigenvalue weighted by molar-refractivity contribution is -0.384. The topological polar surface area (TPSA) is 74.4 Å². The van der Waals surface area contributed by atoms with Gasteiger partial charge < -0.3 is 9.30 Å². The molecule has 0 bridgehead atoms. The largest absolute Gasteiger partial charge is 0.496 e. The summed E-state index contributed by atoms with van der Waals surface area (Å²) in [6.45, 7) is 2.21. The molecule has 21 heavy (non-hydrogen) atoms. The average Bonchev–Trinajstić information content (AvgIpc) is 2.94. The van der Waals surface area contributed by atoms with Crippen LogP contribution in [0.5, 0.6) is 5.75 Å². The zero-order valence-electron chi connectivity index (χ0n) is 11.9. The van der Waals surface area contributed by atoms with E-state index in [4.69, 9.17) is 4.74 Å². The monoisotopic (exact) mass is 288 g/mol. The third kappa shape index (κ3) is 3.28. The fourth-order valence-electron chi connectivity index (χ4n) is 2.11. The summed E-state index contributed by atoms with van der Waals surface area (Å²) in [6.07, 6.45) is 3.97. The number of carbonyl (C=O) groups excluding carboxylic acids is 1. The second-order valence-electron chi connectivity index (χ2n) is 4.60. The van der Waals surface area contributed by atoms with Crippen molar-refractivity contribution in [3.8, 4) is 5.75 Å². The molecule has 0 unspecified atom stereocenters. The summed E-state index contributed by atoms with van der Waals surface area (Å²) in [5, 5.41) is 10.9. The van der Waals surface area contributed by atoms with E-state index in [0.29, 0.717) is 29.8 Å². The molecule has 0 aliphatic heterocycles. The summed E-state index contributed by atoms with van der Waals surface area (Å²) in [4.78, 5) is 22.0. The fourth-order valence-corrected chi connectivity index (χ4v) is 2.11. The molecule has 0 fully saturated rings. The van der Waals surface area contributed by atoms with E-state index in [-0.39, 0.29) is 11.5 Å². The molecule has 0 N–H and O–H groups in total. The lowest BCUT2D eigenvalue weighted by Gasteiger charge is -2.09. The van der Waals surface area contributed by atoms with Crippen molar-refractivity contribution in [2.24, 2.45) is 0 Å². The van der Waals surface area contributed by atoms with Gasteiger partial charge in [-0.3, -0.25) is 14.9 Å². The molecule has 0 aliphatic rings. The van der Waals surface area contributed by atoms with Crippen LogP contribution in [0, 0.1) is 10.1 Å². The number of nitro groups is 1. The number of ketones is 1. The van der Waals surface area contributed by atoms with Crippen molar-refractivity contribution in [3.63, 3.8) is 0 Å². The number of hydrogen-bond acceptors (Lipinski definition) is 4. The number of rotatable bonds is 6. The highest BCUT2D eigenvalue weighted by molar-refractivity contribution is 5.95. The molecule has 110 valence electrons. The Balaban J connectivity index is 2.29. The van der Waals surface area contributed by atoms with Crippen LogP contribution >= 0.6 is 0 Å². The van der Waals surface area contributed by atoms with Crippen molar-refractivity contribution in [3.05, 3.63) is 57.9 Å². The Hall–Kier alpha value is -2.63. The van der Waals surface area contributed by atoms with Crippen LogP contribution in [0.4, 0.5) is 5.69 Å². The number of nitrogens with zero attached hydrogens (tertiary/aromatic N) is 2. The molecule has 0 aliphatic carbocycles. The number of Topliss-reactive ketones (excluding diaryl/α,β-unsaturated/α-hetero) is 1. The molecule has 0 atom stereocenters. The molecule has 6 nitrogen and oxygen atoms in total. The maximum Gasteiger partial charge on any atom is 0.270 e. The predicted octanol–water partition coefficient (Wildman–Crippen LogP) is 3.05. The van der Waals surface area contributed by atoms with E-state index in [1.165, 1.54) is 19.2 Å². The number of methoxy groups -OCH3 is 1. The van der Waals surface area contributed by atoms with E-state index in [9.17, 15) is 14.9 Å². The van der Waals surface area contributed by atoms with Gasteiger partial charge in [0, 0.05) is 42.1 Å². The number of hydrogen-bond donors (Lipinski definition) is 0. The van der Waals surface area contributed by atoms with Gasteiger partial charge in [-0.05, 0) is 12.1 Å². The van der Waals surface area contributed by atoms with E-state index in [2.05, 4.69) is 0 Å². The Kier molecular flexibility index (Phi) is 4.37. The molecule has 1 aromatic heterocycles. The van der Waals surface area contributed by atoms with Gasteiger partial charge in [-0.2, -0.15) is 0 Å². The van der Waals surface area contributed by atoms with Gasteiger partial charge in [0.2, 0.25) is 0 Å². The van der Waals surface area contributed by atoms with Gasteiger partial charge in [-0.25, -0.2) is 0 Å². The minimum Gasteiger partial charge on any atom is -0.496 e. The molecule has 2 rings (SSSR count). The zero-order chi connectivity index (χ0) is 15.4.